The van der Waals surface area contributed by atoms with E-state index in [1.165, 1.54) is 18.2 Å². The molecule has 0 saturated heterocycles. The van der Waals surface area contributed by atoms with Crippen molar-refractivity contribution in [2.45, 2.75) is 24.2 Å². The molecule has 0 heterocycles. The molecule has 2 aromatic carbocycles. The van der Waals surface area contributed by atoms with Crippen LogP contribution in [0.5, 0.6) is 0 Å². The zero-order valence-corrected chi connectivity index (χ0v) is 13.5. The van der Waals surface area contributed by atoms with Gasteiger partial charge in [-0.05, 0) is 24.0 Å². The monoisotopic (exact) mass is 334 g/mol. The number of nitrogens with one attached hydrogen (secondary N) is 1. The minimum Gasteiger partial charge on any atom is -0.258 e. The highest BCUT2D eigenvalue weighted by atomic mass is 32.2. The Hall–Kier alpha value is -2.25. The lowest BCUT2D eigenvalue weighted by atomic mass is 9.98. The van der Waals surface area contributed by atoms with E-state index in [-0.39, 0.29) is 23.0 Å². The van der Waals surface area contributed by atoms with E-state index in [2.05, 4.69) is 4.72 Å². The Morgan fingerprint density at radius 3 is 2.48 bits per heavy atom. The van der Waals surface area contributed by atoms with Gasteiger partial charge in [0, 0.05) is 18.7 Å². The van der Waals surface area contributed by atoms with Gasteiger partial charge in [-0.3, -0.25) is 10.1 Å². The topological polar surface area (TPSA) is 89.3 Å². The highest BCUT2D eigenvalue weighted by Crippen LogP contribution is 2.19. The van der Waals surface area contributed by atoms with Gasteiger partial charge in [0.2, 0.25) is 10.0 Å². The third-order valence-electron chi connectivity index (χ3n) is 3.58. The van der Waals surface area contributed by atoms with Gasteiger partial charge in [-0.1, -0.05) is 43.3 Å². The van der Waals surface area contributed by atoms with Crippen LogP contribution in [0.4, 0.5) is 5.69 Å². The molecule has 7 heteroatoms. The van der Waals surface area contributed by atoms with Crippen LogP contribution in [0.3, 0.4) is 0 Å². The van der Waals surface area contributed by atoms with Gasteiger partial charge in [-0.15, -0.1) is 0 Å². The molecule has 0 aromatic heterocycles. The summed E-state index contributed by atoms with van der Waals surface area (Å²) in [4.78, 5) is 10.0. The third kappa shape index (κ3) is 4.61. The van der Waals surface area contributed by atoms with Crippen molar-refractivity contribution in [2.75, 3.05) is 6.54 Å². The quantitative estimate of drug-likeness (QED) is 0.622. The first-order valence-electron chi connectivity index (χ1n) is 7.19. The van der Waals surface area contributed by atoms with Crippen molar-refractivity contribution in [3.63, 3.8) is 0 Å². The van der Waals surface area contributed by atoms with Crippen molar-refractivity contribution in [1.82, 2.24) is 4.72 Å². The number of rotatable bonds is 7. The minimum absolute atomic E-state index is 0.0981. The SMILES string of the molecule is CC(CCNS(=O)(=O)c1cccc([N+](=O)[O-])c1)c1ccccc1. The van der Waals surface area contributed by atoms with Crippen LogP contribution in [0.2, 0.25) is 0 Å². The van der Waals surface area contributed by atoms with E-state index >= 15 is 0 Å². The van der Waals surface area contributed by atoms with E-state index in [9.17, 15) is 18.5 Å². The predicted molar refractivity (Wildman–Crippen MR) is 87.8 cm³/mol. The Kier molecular flexibility index (Phi) is 5.46. The summed E-state index contributed by atoms with van der Waals surface area (Å²) >= 11 is 0. The Balaban J connectivity index is 1.99. The van der Waals surface area contributed by atoms with Crippen molar-refractivity contribution in [1.29, 1.82) is 0 Å². The van der Waals surface area contributed by atoms with Gasteiger partial charge in [0.25, 0.3) is 5.69 Å². The van der Waals surface area contributed by atoms with Gasteiger partial charge in [-0.2, -0.15) is 0 Å². The molecule has 0 spiro atoms. The van der Waals surface area contributed by atoms with E-state index in [0.717, 1.165) is 11.6 Å². The molecule has 1 unspecified atom stereocenters. The molecule has 1 N–H and O–H groups in total. The average molecular weight is 334 g/mol. The van der Waals surface area contributed by atoms with Crippen molar-refractivity contribution < 1.29 is 13.3 Å². The first-order valence-corrected chi connectivity index (χ1v) is 8.67. The van der Waals surface area contributed by atoms with Crippen LogP contribution in [0, 0.1) is 10.1 Å². The van der Waals surface area contributed by atoms with Crippen LogP contribution in [0.25, 0.3) is 0 Å². The molecule has 0 aliphatic carbocycles. The smallest absolute Gasteiger partial charge is 0.258 e. The van der Waals surface area contributed by atoms with Crippen LogP contribution >= 0.6 is 0 Å². The number of nitro benzene ring substituents is 1. The molecule has 0 amide bonds. The Bertz CT molecular complexity index is 776. The maximum atomic E-state index is 12.2. The highest BCUT2D eigenvalue weighted by Gasteiger charge is 2.17. The van der Waals surface area contributed by atoms with Gasteiger partial charge >= 0.3 is 0 Å². The van der Waals surface area contributed by atoms with E-state index in [1.54, 1.807) is 0 Å². The van der Waals surface area contributed by atoms with Gasteiger partial charge in [0.05, 0.1) is 9.82 Å². The summed E-state index contributed by atoms with van der Waals surface area (Å²) in [6.45, 7) is 2.29. The van der Waals surface area contributed by atoms with E-state index < -0.39 is 14.9 Å². The third-order valence-corrected chi connectivity index (χ3v) is 5.04. The van der Waals surface area contributed by atoms with Gasteiger partial charge in [0.1, 0.15) is 0 Å². The summed E-state index contributed by atoms with van der Waals surface area (Å²) in [7, 11) is -3.75. The summed E-state index contributed by atoms with van der Waals surface area (Å²) in [6.07, 6.45) is 0.637. The number of nitrogens with zero attached hydrogens (tertiary/aromatic N) is 1. The maximum absolute atomic E-state index is 12.2. The number of hydrogen-bond acceptors (Lipinski definition) is 4. The molecular formula is C16H18N2O4S. The Morgan fingerprint density at radius 1 is 1.13 bits per heavy atom. The molecule has 0 saturated carbocycles. The normalized spacial score (nSPS) is 12.7. The zero-order valence-electron chi connectivity index (χ0n) is 12.7. The van der Waals surface area contributed by atoms with Crippen molar-refractivity contribution >= 4 is 15.7 Å². The van der Waals surface area contributed by atoms with Gasteiger partial charge < -0.3 is 0 Å². The molecule has 122 valence electrons. The van der Waals surface area contributed by atoms with Crippen molar-refractivity contribution in [3.05, 3.63) is 70.3 Å². The summed E-state index contributed by atoms with van der Waals surface area (Å²) in [5.41, 5.74) is 0.896. The summed E-state index contributed by atoms with van der Waals surface area (Å²) in [5, 5.41) is 10.7. The molecule has 6 nitrogen and oxygen atoms in total. The summed E-state index contributed by atoms with van der Waals surface area (Å²) < 4.78 is 26.9. The second-order valence-corrected chi connectivity index (χ2v) is 7.02. The van der Waals surface area contributed by atoms with Crippen LogP contribution in [0.1, 0.15) is 24.8 Å². The first kappa shape index (κ1) is 17.1. The molecule has 0 bridgehead atoms. The van der Waals surface area contributed by atoms with Crippen LogP contribution < -0.4 is 4.72 Å². The average Bonchev–Trinajstić information content (AvgIpc) is 2.55. The highest BCUT2D eigenvalue weighted by molar-refractivity contribution is 7.89. The van der Waals surface area contributed by atoms with Gasteiger partial charge in [-0.25, -0.2) is 13.1 Å². The summed E-state index contributed by atoms with van der Waals surface area (Å²) in [5.74, 6) is 0.212. The van der Waals surface area contributed by atoms with Crippen LogP contribution in [0.15, 0.2) is 59.5 Å². The molecule has 0 aliphatic heterocycles. The molecular weight excluding hydrogens is 316 g/mol. The number of nitro groups is 1. The van der Waals surface area contributed by atoms with E-state index in [0.29, 0.717) is 6.42 Å². The molecule has 23 heavy (non-hydrogen) atoms. The van der Waals surface area contributed by atoms with Crippen molar-refractivity contribution in [2.24, 2.45) is 0 Å². The predicted octanol–water partition coefficient (Wildman–Crippen LogP) is 3.07. The van der Waals surface area contributed by atoms with E-state index in [4.69, 9.17) is 0 Å². The minimum atomic E-state index is -3.75. The number of hydrogen-bond donors (Lipinski definition) is 1. The Morgan fingerprint density at radius 2 is 1.83 bits per heavy atom. The molecule has 1 atom stereocenters. The molecule has 2 aromatic rings. The number of non-ortho nitro benzene ring substituents is 1. The first-order chi connectivity index (χ1) is 10.9. The largest absolute Gasteiger partial charge is 0.270 e. The van der Waals surface area contributed by atoms with Crippen LogP contribution in [-0.4, -0.2) is 19.9 Å². The Labute approximate surface area is 135 Å². The maximum Gasteiger partial charge on any atom is 0.270 e. The lowest BCUT2D eigenvalue weighted by molar-refractivity contribution is -0.385. The molecule has 0 radical (unpaired) electrons. The van der Waals surface area contributed by atoms with Crippen LogP contribution in [-0.2, 0) is 10.0 Å². The van der Waals surface area contributed by atoms with E-state index in [1.807, 2.05) is 37.3 Å². The molecule has 0 aliphatic rings. The van der Waals surface area contributed by atoms with Crippen molar-refractivity contribution in [3.8, 4) is 0 Å². The zero-order chi connectivity index (χ0) is 16.9. The standard InChI is InChI=1S/C16H18N2O4S/c1-13(14-6-3-2-4-7-14)10-11-17-23(21,22)16-9-5-8-15(12-16)18(19)20/h2-9,12-13,17H,10-11H2,1H3. The molecule has 2 rings (SSSR count). The van der Waals surface area contributed by atoms with Gasteiger partial charge in [0.15, 0.2) is 0 Å². The fourth-order valence-electron chi connectivity index (χ4n) is 2.21. The number of benzene rings is 2. The second kappa shape index (κ2) is 7.34. The second-order valence-electron chi connectivity index (χ2n) is 5.25. The summed E-state index contributed by atoms with van der Waals surface area (Å²) in [6, 6.07) is 14.8. The lowest BCUT2D eigenvalue weighted by Crippen LogP contribution is -2.25. The fraction of sp³-hybridized carbons (Fsp3) is 0.250. The molecule has 0 fully saturated rings. The fourth-order valence-corrected chi connectivity index (χ4v) is 3.29. The number of sulfonamides is 1. The lowest BCUT2D eigenvalue weighted by Gasteiger charge is -2.12.